The molecule has 0 aliphatic heterocycles. The van der Waals surface area contributed by atoms with Crippen molar-refractivity contribution in [3.63, 3.8) is 0 Å². The van der Waals surface area contributed by atoms with Gasteiger partial charge in [0.05, 0.1) is 0 Å². The van der Waals surface area contributed by atoms with E-state index in [0.717, 1.165) is 11.8 Å². The second-order valence-corrected chi connectivity index (χ2v) is 6.85. The lowest BCUT2D eigenvalue weighted by Gasteiger charge is -2.14. The molecule has 2 atom stereocenters. The molecule has 0 aromatic rings. The van der Waals surface area contributed by atoms with Crippen molar-refractivity contribution in [2.75, 3.05) is 0 Å². The molecule has 112 valence electrons. The lowest BCUT2D eigenvalue weighted by atomic mass is 9.92. The van der Waals surface area contributed by atoms with Crippen LogP contribution >= 0.6 is 0 Å². The van der Waals surface area contributed by atoms with Gasteiger partial charge in [0.25, 0.3) is 0 Å². The van der Waals surface area contributed by atoms with Crippen LogP contribution in [0.25, 0.3) is 0 Å². The number of hydrogen-bond donors (Lipinski definition) is 0. The molecular weight excluding hydrogens is 240 g/mol. The highest BCUT2D eigenvalue weighted by Crippen LogP contribution is 2.32. The Hall–Kier alpha value is -0.780. The standard InChI is InChI=1S/C20H32/c1-3-8-18(10-5-4-6-11-19-13-14-19)15-16-20-12-7-9-17(20)2/h3,11,16-18H,1,4-10,12-15H2,2H3. The van der Waals surface area contributed by atoms with Gasteiger partial charge in [0.15, 0.2) is 0 Å². The molecule has 0 radical (unpaired) electrons. The normalized spacial score (nSPS) is 24.9. The van der Waals surface area contributed by atoms with Crippen LogP contribution in [0.15, 0.2) is 36.0 Å². The van der Waals surface area contributed by atoms with Crippen molar-refractivity contribution in [1.29, 1.82) is 0 Å². The van der Waals surface area contributed by atoms with E-state index >= 15 is 0 Å². The topological polar surface area (TPSA) is 0 Å². The van der Waals surface area contributed by atoms with Gasteiger partial charge in [-0.05, 0) is 76.0 Å². The van der Waals surface area contributed by atoms with Gasteiger partial charge < -0.3 is 0 Å². The molecule has 0 N–H and O–H groups in total. The molecule has 2 rings (SSSR count). The van der Waals surface area contributed by atoms with E-state index in [-0.39, 0.29) is 0 Å². The van der Waals surface area contributed by atoms with Gasteiger partial charge in [0.1, 0.15) is 0 Å². The van der Waals surface area contributed by atoms with Crippen molar-refractivity contribution in [3.05, 3.63) is 36.0 Å². The van der Waals surface area contributed by atoms with Gasteiger partial charge in [0.2, 0.25) is 0 Å². The summed E-state index contributed by atoms with van der Waals surface area (Å²) in [5.74, 6) is 1.69. The predicted molar refractivity (Wildman–Crippen MR) is 89.8 cm³/mol. The van der Waals surface area contributed by atoms with Crippen LogP contribution in [0.3, 0.4) is 0 Å². The third kappa shape index (κ3) is 5.69. The quantitative estimate of drug-likeness (QED) is 0.328. The maximum absolute atomic E-state index is 3.94. The van der Waals surface area contributed by atoms with Crippen LogP contribution in [0.4, 0.5) is 0 Å². The van der Waals surface area contributed by atoms with Crippen molar-refractivity contribution in [2.45, 2.75) is 77.6 Å². The number of unbranched alkanes of at least 4 members (excludes halogenated alkanes) is 2. The van der Waals surface area contributed by atoms with Crippen molar-refractivity contribution < 1.29 is 0 Å². The average Bonchev–Trinajstić information content (AvgIpc) is 3.17. The fourth-order valence-electron chi connectivity index (χ4n) is 3.39. The van der Waals surface area contributed by atoms with Crippen LogP contribution in [0.1, 0.15) is 77.6 Å². The number of allylic oxidation sites excluding steroid dienone is 5. The van der Waals surface area contributed by atoms with E-state index in [9.17, 15) is 0 Å². The summed E-state index contributed by atoms with van der Waals surface area (Å²) in [6.45, 7) is 6.34. The summed E-state index contributed by atoms with van der Waals surface area (Å²) >= 11 is 0. The van der Waals surface area contributed by atoms with Crippen molar-refractivity contribution >= 4 is 0 Å². The lowest BCUT2D eigenvalue weighted by Crippen LogP contribution is -1.99. The third-order valence-corrected chi connectivity index (χ3v) is 4.99. The fourth-order valence-corrected chi connectivity index (χ4v) is 3.39. The van der Waals surface area contributed by atoms with E-state index in [1.807, 2.05) is 0 Å². The Morgan fingerprint density at radius 1 is 1.15 bits per heavy atom. The lowest BCUT2D eigenvalue weighted by molar-refractivity contribution is 0.468. The largest absolute Gasteiger partial charge is 0.103 e. The van der Waals surface area contributed by atoms with Gasteiger partial charge in [-0.3, -0.25) is 0 Å². The minimum Gasteiger partial charge on any atom is -0.103 e. The van der Waals surface area contributed by atoms with E-state index in [0.29, 0.717) is 0 Å². The first-order valence-corrected chi connectivity index (χ1v) is 8.77. The first kappa shape index (κ1) is 15.6. The molecule has 2 fully saturated rings. The second-order valence-electron chi connectivity index (χ2n) is 6.85. The summed E-state index contributed by atoms with van der Waals surface area (Å²) in [6.07, 6.45) is 22.0. The van der Waals surface area contributed by atoms with Crippen LogP contribution in [0.2, 0.25) is 0 Å². The molecule has 0 spiro atoms. The maximum atomic E-state index is 3.94. The van der Waals surface area contributed by atoms with Crippen molar-refractivity contribution in [1.82, 2.24) is 0 Å². The smallest absolute Gasteiger partial charge is 0.0232 e. The van der Waals surface area contributed by atoms with Gasteiger partial charge in [-0.25, -0.2) is 0 Å². The van der Waals surface area contributed by atoms with Crippen molar-refractivity contribution in [3.8, 4) is 0 Å². The molecule has 2 saturated carbocycles. The monoisotopic (exact) mass is 272 g/mol. The Bertz CT molecular complexity index is 352. The van der Waals surface area contributed by atoms with Gasteiger partial charge >= 0.3 is 0 Å². The molecule has 0 amide bonds. The van der Waals surface area contributed by atoms with Crippen LogP contribution in [0.5, 0.6) is 0 Å². The summed E-state index contributed by atoms with van der Waals surface area (Å²) < 4.78 is 0. The Morgan fingerprint density at radius 3 is 2.65 bits per heavy atom. The summed E-state index contributed by atoms with van der Waals surface area (Å²) in [4.78, 5) is 0. The zero-order chi connectivity index (χ0) is 14.2. The van der Waals surface area contributed by atoms with Gasteiger partial charge in [-0.2, -0.15) is 0 Å². The molecule has 2 aliphatic rings. The summed E-state index contributed by atoms with van der Waals surface area (Å²) in [5.41, 5.74) is 3.44. The second kappa shape index (κ2) is 8.49. The van der Waals surface area contributed by atoms with Crippen molar-refractivity contribution in [2.24, 2.45) is 11.8 Å². The molecular formula is C20H32. The van der Waals surface area contributed by atoms with Crippen LogP contribution < -0.4 is 0 Å². The molecule has 0 aromatic heterocycles. The summed E-state index contributed by atoms with van der Waals surface area (Å²) in [6, 6.07) is 0. The molecule has 20 heavy (non-hydrogen) atoms. The van der Waals surface area contributed by atoms with Gasteiger partial charge in [0, 0.05) is 0 Å². The van der Waals surface area contributed by atoms with E-state index in [2.05, 4.69) is 31.7 Å². The molecule has 0 saturated heterocycles. The molecule has 0 heterocycles. The molecule has 2 unspecified atom stereocenters. The highest BCUT2D eigenvalue weighted by atomic mass is 14.2. The highest BCUT2D eigenvalue weighted by Gasteiger charge is 2.16. The average molecular weight is 272 g/mol. The van der Waals surface area contributed by atoms with E-state index in [1.165, 1.54) is 70.6 Å². The minimum atomic E-state index is 0.835. The molecule has 0 aromatic carbocycles. The first-order chi connectivity index (χ1) is 9.79. The molecule has 0 heteroatoms. The molecule has 0 nitrogen and oxygen atoms in total. The Labute approximate surface area is 126 Å². The molecule has 2 aliphatic carbocycles. The highest BCUT2D eigenvalue weighted by molar-refractivity contribution is 5.15. The fraction of sp³-hybridized carbons (Fsp3) is 0.700. The number of hydrogen-bond acceptors (Lipinski definition) is 0. The Balaban J connectivity index is 1.66. The van der Waals surface area contributed by atoms with Crippen LogP contribution in [-0.2, 0) is 0 Å². The SMILES string of the molecule is C=CCC(CC=C1CCCC1C)CCCCC=C1CC1. The zero-order valence-electron chi connectivity index (χ0n) is 13.4. The zero-order valence-corrected chi connectivity index (χ0v) is 13.4. The van der Waals surface area contributed by atoms with E-state index in [4.69, 9.17) is 0 Å². The third-order valence-electron chi connectivity index (χ3n) is 4.99. The predicted octanol–water partition coefficient (Wildman–Crippen LogP) is 6.60. The first-order valence-electron chi connectivity index (χ1n) is 8.77. The Morgan fingerprint density at radius 2 is 2.00 bits per heavy atom. The van der Waals surface area contributed by atoms with Crippen LogP contribution in [-0.4, -0.2) is 0 Å². The molecule has 0 bridgehead atoms. The summed E-state index contributed by atoms with van der Waals surface area (Å²) in [7, 11) is 0. The van der Waals surface area contributed by atoms with E-state index < -0.39 is 0 Å². The van der Waals surface area contributed by atoms with Gasteiger partial charge in [-0.1, -0.05) is 42.7 Å². The Kier molecular flexibility index (Phi) is 6.63. The van der Waals surface area contributed by atoms with Crippen LogP contribution in [0, 0.1) is 11.8 Å². The van der Waals surface area contributed by atoms with E-state index in [1.54, 1.807) is 11.1 Å². The minimum absolute atomic E-state index is 0.835. The van der Waals surface area contributed by atoms with Gasteiger partial charge in [-0.15, -0.1) is 6.58 Å². The number of rotatable bonds is 9. The maximum Gasteiger partial charge on any atom is -0.0232 e. The summed E-state index contributed by atoms with van der Waals surface area (Å²) in [5, 5.41) is 0.